The average molecular weight is 447 g/mol. The van der Waals surface area contributed by atoms with E-state index >= 15 is 0 Å². The molecule has 170 valence electrons. The van der Waals surface area contributed by atoms with E-state index in [0.29, 0.717) is 12.5 Å². The molecule has 30 heavy (non-hydrogen) atoms. The zero-order chi connectivity index (χ0) is 22.0. The number of nitrogens with one attached hydrogen (secondary N) is 2. The van der Waals surface area contributed by atoms with Gasteiger partial charge in [-0.2, -0.15) is 13.2 Å². The smallest absolute Gasteiger partial charge is 0.313 e. The Balaban J connectivity index is 1.67. The van der Waals surface area contributed by atoms with Gasteiger partial charge in [-0.05, 0) is 61.9 Å². The zero-order valence-electron chi connectivity index (χ0n) is 17.4. The molecule has 1 aliphatic carbocycles. The standard InChI is InChI=1S/C22H33F3N2O2S/c1-2-15-26-16-5-3-4-6-18-7-9-19(10-8-18)17-27-30(28,29)21-13-11-20(12-14-21)22(23,24)25/h2,11-14,18-19,26-27H,1,3-10,15-17H2. The van der Waals surface area contributed by atoms with Gasteiger partial charge in [-0.15, -0.1) is 6.58 Å². The summed E-state index contributed by atoms with van der Waals surface area (Å²) >= 11 is 0. The van der Waals surface area contributed by atoms with Crippen molar-refractivity contribution in [2.24, 2.45) is 11.8 Å². The highest BCUT2D eigenvalue weighted by molar-refractivity contribution is 7.89. The predicted octanol–water partition coefficient (Wildman–Crippen LogP) is 5.13. The lowest BCUT2D eigenvalue weighted by atomic mass is 9.80. The number of sulfonamides is 1. The van der Waals surface area contributed by atoms with E-state index in [4.69, 9.17) is 0 Å². The highest BCUT2D eigenvalue weighted by Gasteiger charge is 2.30. The van der Waals surface area contributed by atoms with Gasteiger partial charge in [0.2, 0.25) is 10.0 Å². The van der Waals surface area contributed by atoms with Gasteiger partial charge >= 0.3 is 6.18 Å². The minimum atomic E-state index is -4.48. The maximum Gasteiger partial charge on any atom is 0.416 e. The minimum Gasteiger partial charge on any atom is -0.313 e. The molecule has 0 bridgehead atoms. The molecule has 0 heterocycles. The highest BCUT2D eigenvalue weighted by Crippen LogP contribution is 2.32. The second-order valence-electron chi connectivity index (χ2n) is 8.10. The van der Waals surface area contributed by atoms with Gasteiger partial charge in [-0.1, -0.05) is 38.2 Å². The van der Waals surface area contributed by atoms with Crippen LogP contribution in [0.4, 0.5) is 13.2 Å². The van der Waals surface area contributed by atoms with Crippen molar-refractivity contribution in [2.75, 3.05) is 19.6 Å². The summed E-state index contributed by atoms with van der Waals surface area (Å²) < 4.78 is 65.2. The van der Waals surface area contributed by atoms with Crippen LogP contribution in [-0.2, 0) is 16.2 Å². The molecule has 0 unspecified atom stereocenters. The van der Waals surface area contributed by atoms with Crippen LogP contribution in [0.25, 0.3) is 0 Å². The van der Waals surface area contributed by atoms with Crippen molar-refractivity contribution in [1.82, 2.24) is 10.0 Å². The normalized spacial score (nSPS) is 20.2. The predicted molar refractivity (Wildman–Crippen MR) is 114 cm³/mol. The molecule has 1 fully saturated rings. The number of halogens is 3. The third-order valence-corrected chi connectivity index (χ3v) is 7.21. The number of benzene rings is 1. The fraction of sp³-hybridized carbons (Fsp3) is 0.636. The van der Waals surface area contributed by atoms with Crippen LogP contribution in [0.2, 0.25) is 0 Å². The van der Waals surface area contributed by atoms with E-state index in [2.05, 4.69) is 16.6 Å². The summed E-state index contributed by atoms with van der Waals surface area (Å²) in [4.78, 5) is -0.133. The van der Waals surface area contributed by atoms with Crippen LogP contribution >= 0.6 is 0 Å². The Bertz CT molecular complexity index is 741. The van der Waals surface area contributed by atoms with Crippen LogP contribution in [-0.4, -0.2) is 28.1 Å². The monoisotopic (exact) mass is 446 g/mol. The molecule has 1 aromatic rings. The molecule has 8 heteroatoms. The molecule has 0 amide bonds. The Morgan fingerprint density at radius 3 is 2.23 bits per heavy atom. The molecule has 0 atom stereocenters. The number of hydrogen-bond donors (Lipinski definition) is 2. The van der Waals surface area contributed by atoms with Gasteiger partial charge in [-0.3, -0.25) is 0 Å². The topological polar surface area (TPSA) is 58.2 Å². The summed E-state index contributed by atoms with van der Waals surface area (Å²) in [5.74, 6) is 1.00. The first-order chi connectivity index (χ1) is 14.2. The molecule has 0 spiro atoms. The molecule has 0 aromatic heterocycles. The van der Waals surface area contributed by atoms with E-state index in [0.717, 1.165) is 63.0 Å². The van der Waals surface area contributed by atoms with Crippen LogP contribution in [0, 0.1) is 11.8 Å². The van der Waals surface area contributed by atoms with E-state index in [1.165, 1.54) is 25.7 Å². The third-order valence-electron chi connectivity index (χ3n) is 5.77. The average Bonchev–Trinajstić information content (AvgIpc) is 2.72. The number of unbranched alkanes of at least 4 members (excludes halogenated alkanes) is 2. The number of alkyl halides is 3. The maximum absolute atomic E-state index is 12.6. The molecule has 1 aromatic carbocycles. The second-order valence-corrected chi connectivity index (χ2v) is 9.87. The lowest BCUT2D eigenvalue weighted by Crippen LogP contribution is -2.31. The quantitative estimate of drug-likeness (QED) is 0.346. The first-order valence-corrected chi connectivity index (χ1v) is 12.2. The van der Waals surface area contributed by atoms with Gasteiger partial charge in [0.15, 0.2) is 0 Å². The molecule has 4 nitrogen and oxygen atoms in total. The van der Waals surface area contributed by atoms with Crippen LogP contribution < -0.4 is 10.0 Å². The minimum absolute atomic E-state index is 0.133. The Kier molecular flexibility index (Phi) is 9.84. The van der Waals surface area contributed by atoms with E-state index in [-0.39, 0.29) is 10.8 Å². The fourth-order valence-corrected chi connectivity index (χ4v) is 5.04. The molecule has 2 rings (SSSR count). The van der Waals surface area contributed by atoms with Crippen molar-refractivity contribution >= 4 is 10.0 Å². The summed E-state index contributed by atoms with van der Waals surface area (Å²) in [6.07, 6.45) is 6.44. The lowest BCUT2D eigenvalue weighted by Gasteiger charge is -2.28. The molecular weight excluding hydrogens is 413 g/mol. The summed E-state index contributed by atoms with van der Waals surface area (Å²) in [6.45, 7) is 5.90. The van der Waals surface area contributed by atoms with Gasteiger partial charge in [0.25, 0.3) is 0 Å². The van der Waals surface area contributed by atoms with Crippen LogP contribution in [0.3, 0.4) is 0 Å². The van der Waals surface area contributed by atoms with Gasteiger partial charge < -0.3 is 5.32 Å². The summed E-state index contributed by atoms with van der Waals surface area (Å²) in [7, 11) is -3.79. The van der Waals surface area contributed by atoms with Gasteiger partial charge in [0, 0.05) is 13.1 Å². The third kappa shape index (κ3) is 8.40. The van der Waals surface area contributed by atoms with Crippen LogP contribution in [0.5, 0.6) is 0 Å². The van der Waals surface area contributed by atoms with Gasteiger partial charge in [0.05, 0.1) is 10.5 Å². The van der Waals surface area contributed by atoms with Crippen molar-refractivity contribution in [2.45, 2.75) is 62.4 Å². The Morgan fingerprint density at radius 2 is 1.63 bits per heavy atom. The van der Waals surface area contributed by atoms with Crippen LogP contribution in [0.1, 0.15) is 56.9 Å². The zero-order valence-corrected chi connectivity index (χ0v) is 18.2. The molecule has 1 saturated carbocycles. The van der Waals surface area contributed by atoms with Gasteiger partial charge in [-0.25, -0.2) is 13.1 Å². The Hall–Kier alpha value is -1.38. The Labute approximate surface area is 178 Å². The molecule has 0 saturated heterocycles. The first kappa shape index (κ1) is 24.9. The highest BCUT2D eigenvalue weighted by atomic mass is 32.2. The van der Waals surface area contributed by atoms with Crippen LogP contribution in [0.15, 0.2) is 41.8 Å². The summed E-state index contributed by atoms with van der Waals surface area (Å²) in [5, 5.41) is 3.30. The van der Waals surface area contributed by atoms with E-state index in [1.54, 1.807) is 0 Å². The van der Waals surface area contributed by atoms with E-state index < -0.39 is 21.8 Å². The molecular formula is C22H33F3N2O2S. The second kappa shape index (κ2) is 11.9. The van der Waals surface area contributed by atoms with Crippen molar-refractivity contribution in [1.29, 1.82) is 0 Å². The fourth-order valence-electron chi connectivity index (χ4n) is 3.92. The van der Waals surface area contributed by atoms with Gasteiger partial charge in [0.1, 0.15) is 0 Å². The molecule has 0 aliphatic heterocycles. The number of rotatable bonds is 12. The summed E-state index contributed by atoms with van der Waals surface area (Å²) in [5.41, 5.74) is -0.854. The van der Waals surface area contributed by atoms with Crippen molar-refractivity contribution in [3.05, 3.63) is 42.5 Å². The molecule has 0 radical (unpaired) electrons. The van der Waals surface area contributed by atoms with Crippen molar-refractivity contribution in [3.63, 3.8) is 0 Å². The summed E-state index contributed by atoms with van der Waals surface area (Å²) in [6, 6.07) is 3.62. The lowest BCUT2D eigenvalue weighted by molar-refractivity contribution is -0.137. The number of hydrogen-bond acceptors (Lipinski definition) is 3. The largest absolute Gasteiger partial charge is 0.416 e. The molecule has 2 N–H and O–H groups in total. The first-order valence-electron chi connectivity index (χ1n) is 10.7. The van der Waals surface area contributed by atoms with Crippen molar-refractivity contribution in [3.8, 4) is 0 Å². The SMILES string of the molecule is C=CCNCCCCCC1CCC(CNS(=O)(=O)c2ccc(C(F)(F)F)cc2)CC1. The van der Waals surface area contributed by atoms with E-state index in [1.807, 2.05) is 6.08 Å². The van der Waals surface area contributed by atoms with Crippen molar-refractivity contribution < 1.29 is 21.6 Å². The van der Waals surface area contributed by atoms with E-state index in [9.17, 15) is 21.6 Å². The molecule has 1 aliphatic rings. The Morgan fingerprint density at radius 1 is 1.00 bits per heavy atom. The maximum atomic E-state index is 12.6.